The van der Waals surface area contributed by atoms with E-state index in [0.29, 0.717) is 13.1 Å². The lowest BCUT2D eigenvalue weighted by atomic mass is 10.0. The summed E-state index contributed by atoms with van der Waals surface area (Å²) in [7, 11) is 1.91. The molecule has 6 nitrogen and oxygen atoms in total. The molecular weight excluding hydrogens is 232 g/mol. The second-order valence-electron chi connectivity index (χ2n) is 5.13. The zero-order valence-corrected chi connectivity index (χ0v) is 11.0. The van der Waals surface area contributed by atoms with Crippen LogP contribution in [0.3, 0.4) is 0 Å². The van der Waals surface area contributed by atoms with Crippen LogP contribution in [0.5, 0.6) is 0 Å². The molecule has 100 valence electrons. The molecular formula is C12H20N4O2. The number of hydrogen-bond donors (Lipinski definition) is 2. The summed E-state index contributed by atoms with van der Waals surface area (Å²) in [5.74, 6) is 1.10. The van der Waals surface area contributed by atoms with Gasteiger partial charge in [0.1, 0.15) is 5.82 Å². The van der Waals surface area contributed by atoms with Crippen LogP contribution in [0.4, 0.5) is 4.79 Å². The number of carbonyl (C=O) groups excluding carboxylic acids is 1. The quantitative estimate of drug-likeness (QED) is 0.823. The largest absolute Gasteiger partial charge is 0.389 e. The molecule has 0 unspecified atom stereocenters. The van der Waals surface area contributed by atoms with Gasteiger partial charge in [-0.05, 0) is 5.92 Å². The Morgan fingerprint density at radius 3 is 2.67 bits per heavy atom. The van der Waals surface area contributed by atoms with Gasteiger partial charge in [-0.3, -0.25) is 0 Å². The summed E-state index contributed by atoms with van der Waals surface area (Å²) in [5.41, 5.74) is 0. The summed E-state index contributed by atoms with van der Waals surface area (Å²) < 4.78 is 1.91. The number of urea groups is 1. The Hall–Kier alpha value is -1.56. The summed E-state index contributed by atoms with van der Waals surface area (Å²) in [6.45, 7) is 4.92. The van der Waals surface area contributed by atoms with E-state index < -0.39 is 0 Å². The highest BCUT2D eigenvalue weighted by Gasteiger charge is 2.31. The molecule has 0 aromatic carbocycles. The molecule has 1 saturated heterocycles. The van der Waals surface area contributed by atoms with Gasteiger partial charge in [0.2, 0.25) is 0 Å². The van der Waals surface area contributed by atoms with Gasteiger partial charge in [-0.25, -0.2) is 9.78 Å². The summed E-state index contributed by atoms with van der Waals surface area (Å²) in [4.78, 5) is 17.8. The standard InChI is InChI=1S/C12H20N4O2/c1-8(2)10(11-13-4-5-15(11)3)14-12(18)16-6-9(17)7-16/h4-5,8-10,17H,6-7H2,1-3H3,(H,14,18)/t10-/m0/s1. The monoisotopic (exact) mass is 252 g/mol. The van der Waals surface area contributed by atoms with Gasteiger partial charge in [0.15, 0.2) is 0 Å². The van der Waals surface area contributed by atoms with Crippen molar-refractivity contribution in [1.82, 2.24) is 19.8 Å². The Morgan fingerprint density at radius 1 is 1.56 bits per heavy atom. The smallest absolute Gasteiger partial charge is 0.318 e. The lowest BCUT2D eigenvalue weighted by molar-refractivity contribution is 0.0251. The number of aliphatic hydroxyl groups excluding tert-OH is 1. The molecule has 2 heterocycles. The number of aromatic nitrogens is 2. The molecule has 1 aromatic heterocycles. The number of hydrogen-bond acceptors (Lipinski definition) is 3. The minimum atomic E-state index is -0.374. The van der Waals surface area contributed by atoms with Gasteiger partial charge in [-0.1, -0.05) is 13.8 Å². The highest BCUT2D eigenvalue weighted by molar-refractivity contribution is 5.75. The van der Waals surface area contributed by atoms with Gasteiger partial charge in [-0.2, -0.15) is 0 Å². The molecule has 6 heteroatoms. The van der Waals surface area contributed by atoms with Crippen LogP contribution >= 0.6 is 0 Å². The van der Waals surface area contributed by atoms with Crippen LogP contribution in [0.25, 0.3) is 0 Å². The van der Waals surface area contributed by atoms with Crippen molar-refractivity contribution in [3.63, 3.8) is 0 Å². The van der Waals surface area contributed by atoms with E-state index in [1.807, 2.05) is 31.7 Å². The van der Waals surface area contributed by atoms with Crippen molar-refractivity contribution in [3.05, 3.63) is 18.2 Å². The van der Waals surface area contributed by atoms with Crippen molar-refractivity contribution in [2.24, 2.45) is 13.0 Å². The zero-order chi connectivity index (χ0) is 13.3. The fourth-order valence-electron chi connectivity index (χ4n) is 2.05. The minimum Gasteiger partial charge on any atom is -0.389 e. The van der Waals surface area contributed by atoms with E-state index >= 15 is 0 Å². The fourth-order valence-corrected chi connectivity index (χ4v) is 2.05. The number of aliphatic hydroxyl groups is 1. The summed E-state index contributed by atoms with van der Waals surface area (Å²) in [5, 5.41) is 12.2. The van der Waals surface area contributed by atoms with Gasteiger partial charge < -0.3 is 19.9 Å². The molecule has 1 aromatic rings. The Balaban J connectivity index is 2.03. The maximum Gasteiger partial charge on any atom is 0.318 e. The van der Waals surface area contributed by atoms with Crippen LogP contribution in [0, 0.1) is 5.92 Å². The van der Waals surface area contributed by atoms with Gasteiger partial charge in [0.25, 0.3) is 0 Å². The molecule has 0 radical (unpaired) electrons. The molecule has 2 amide bonds. The van der Waals surface area contributed by atoms with Crippen LogP contribution in [-0.2, 0) is 7.05 Å². The van der Waals surface area contributed by atoms with Crippen LogP contribution in [-0.4, -0.2) is 44.8 Å². The third kappa shape index (κ3) is 2.48. The van der Waals surface area contributed by atoms with E-state index in [1.165, 1.54) is 0 Å². The number of aryl methyl sites for hydroxylation is 1. The van der Waals surface area contributed by atoms with E-state index in [2.05, 4.69) is 10.3 Å². The van der Waals surface area contributed by atoms with E-state index in [0.717, 1.165) is 5.82 Å². The van der Waals surface area contributed by atoms with Crippen molar-refractivity contribution in [1.29, 1.82) is 0 Å². The third-order valence-corrected chi connectivity index (χ3v) is 3.23. The first kappa shape index (κ1) is 12.9. The molecule has 1 atom stereocenters. The molecule has 0 bridgehead atoms. The molecule has 0 aliphatic carbocycles. The van der Waals surface area contributed by atoms with Crippen LogP contribution in [0.2, 0.25) is 0 Å². The van der Waals surface area contributed by atoms with Crippen LogP contribution in [0.1, 0.15) is 25.7 Å². The predicted molar refractivity (Wildman–Crippen MR) is 66.9 cm³/mol. The van der Waals surface area contributed by atoms with Crippen molar-refractivity contribution >= 4 is 6.03 Å². The zero-order valence-electron chi connectivity index (χ0n) is 11.0. The van der Waals surface area contributed by atoms with E-state index in [-0.39, 0.29) is 24.1 Å². The highest BCUT2D eigenvalue weighted by atomic mass is 16.3. The number of β-amino-alcohol motifs (C(OH)–C–C–N with tert-alkyl or cyclic N) is 1. The van der Waals surface area contributed by atoms with E-state index in [1.54, 1.807) is 11.1 Å². The molecule has 1 aliphatic heterocycles. The van der Waals surface area contributed by atoms with Crippen LogP contribution < -0.4 is 5.32 Å². The minimum absolute atomic E-state index is 0.116. The maximum absolute atomic E-state index is 12.0. The molecule has 18 heavy (non-hydrogen) atoms. The number of carbonyl (C=O) groups is 1. The summed E-state index contributed by atoms with van der Waals surface area (Å²) in [6, 6.07) is -0.253. The average Bonchev–Trinajstić information content (AvgIpc) is 2.67. The summed E-state index contributed by atoms with van der Waals surface area (Å²) >= 11 is 0. The number of rotatable bonds is 3. The maximum atomic E-state index is 12.0. The van der Waals surface area contributed by atoms with Gasteiger partial charge >= 0.3 is 6.03 Å². The molecule has 2 N–H and O–H groups in total. The average molecular weight is 252 g/mol. The lowest BCUT2D eigenvalue weighted by Crippen LogP contribution is -2.57. The van der Waals surface area contributed by atoms with Crippen molar-refractivity contribution in [3.8, 4) is 0 Å². The molecule has 1 fully saturated rings. The van der Waals surface area contributed by atoms with Gasteiger partial charge in [0.05, 0.1) is 25.2 Å². The Labute approximate surface area is 107 Å². The number of amides is 2. The normalized spacial score (nSPS) is 17.7. The Bertz CT molecular complexity index is 423. The molecule has 0 spiro atoms. The number of nitrogens with one attached hydrogen (secondary N) is 1. The van der Waals surface area contributed by atoms with E-state index in [9.17, 15) is 9.90 Å². The topological polar surface area (TPSA) is 70.4 Å². The van der Waals surface area contributed by atoms with Gasteiger partial charge in [0, 0.05) is 19.4 Å². The number of imidazole rings is 1. The van der Waals surface area contributed by atoms with E-state index in [4.69, 9.17) is 0 Å². The summed E-state index contributed by atoms with van der Waals surface area (Å²) in [6.07, 6.45) is 3.22. The first-order chi connectivity index (χ1) is 8.49. The first-order valence-electron chi connectivity index (χ1n) is 6.19. The van der Waals surface area contributed by atoms with Gasteiger partial charge in [-0.15, -0.1) is 0 Å². The second-order valence-corrected chi connectivity index (χ2v) is 5.13. The third-order valence-electron chi connectivity index (χ3n) is 3.23. The molecule has 2 rings (SSSR count). The van der Waals surface area contributed by atoms with Crippen molar-refractivity contribution in [2.45, 2.75) is 26.0 Å². The molecule has 0 saturated carbocycles. The SMILES string of the molecule is CC(C)[C@H](NC(=O)N1CC(O)C1)c1nccn1C. The number of nitrogens with zero attached hydrogens (tertiary/aromatic N) is 3. The predicted octanol–water partition coefficient (Wildman–Crippen LogP) is 0.503. The van der Waals surface area contributed by atoms with Crippen LogP contribution in [0.15, 0.2) is 12.4 Å². The highest BCUT2D eigenvalue weighted by Crippen LogP contribution is 2.20. The molecule has 1 aliphatic rings. The Kier molecular flexibility index (Phi) is 3.56. The fraction of sp³-hybridized carbons (Fsp3) is 0.667. The number of likely N-dealkylation sites (tertiary alicyclic amines) is 1. The van der Waals surface area contributed by atoms with Crippen molar-refractivity contribution in [2.75, 3.05) is 13.1 Å². The lowest BCUT2D eigenvalue weighted by Gasteiger charge is -2.37. The second kappa shape index (κ2) is 4.97. The first-order valence-corrected chi connectivity index (χ1v) is 6.19. The Morgan fingerprint density at radius 2 is 2.22 bits per heavy atom. The van der Waals surface area contributed by atoms with Crippen molar-refractivity contribution < 1.29 is 9.90 Å².